The van der Waals surface area contributed by atoms with E-state index in [0.717, 1.165) is 31.3 Å². The van der Waals surface area contributed by atoms with Crippen LogP contribution in [0.25, 0.3) is 0 Å². The fourth-order valence-corrected chi connectivity index (χ4v) is 14.6. The molecule has 3 aliphatic heterocycles. The Bertz CT molecular complexity index is 1780. The largest absolute Gasteiger partial charge is 0.432 e. The molecule has 0 radical (unpaired) electrons. The third kappa shape index (κ3) is 7.71. The Balaban J connectivity index is 1.03. The van der Waals surface area contributed by atoms with Crippen molar-refractivity contribution in [2.75, 3.05) is 19.8 Å². The highest BCUT2D eigenvalue weighted by Crippen LogP contribution is 2.76. The van der Waals surface area contributed by atoms with Gasteiger partial charge in [0.05, 0.1) is 37.4 Å². The molecule has 0 spiro atoms. The molecular formula is C47H76O18. The maximum absolute atomic E-state index is 15.0. The molecule has 0 aromatic carbocycles. The summed E-state index contributed by atoms with van der Waals surface area (Å²) in [6.45, 7) is 14.1. The molecule has 0 aromatic heterocycles. The lowest BCUT2D eigenvalue weighted by molar-refractivity contribution is -0.328. The lowest BCUT2D eigenvalue weighted by Crippen LogP contribution is -2.67. The molecule has 18 nitrogen and oxygen atoms in total. The first-order valence-electron chi connectivity index (χ1n) is 23.8. The summed E-state index contributed by atoms with van der Waals surface area (Å²) in [6.07, 6.45) is -14.5. The number of esters is 1. The average Bonchev–Trinajstić information content (AvgIpc) is 3.25. The second-order valence-electron chi connectivity index (χ2n) is 23.0. The van der Waals surface area contributed by atoms with Crippen LogP contribution in [0.15, 0.2) is 11.6 Å². The molecule has 18 heteroatoms. The van der Waals surface area contributed by atoms with Gasteiger partial charge in [0.25, 0.3) is 0 Å². The molecule has 7 fully saturated rings. The first-order chi connectivity index (χ1) is 30.3. The van der Waals surface area contributed by atoms with Crippen LogP contribution in [0.3, 0.4) is 0 Å². The molecule has 0 bridgehead atoms. The van der Waals surface area contributed by atoms with Gasteiger partial charge < -0.3 is 84.6 Å². The second-order valence-corrected chi connectivity index (χ2v) is 23.0. The molecule has 23 atom stereocenters. The van der Waals surface area contributed by atoms with Gasteiger partial charge in [0.1, 0.15) is 67.1 Å². The summed E-state index contributed by atoms with van der Waals surface area (Å²) in [5.74, 6) is -0.858. The van der Waals surface area contributed by atoms with Gasteiger partial charge in [-0.3, -0.25) is 4.79 Å². The van der Waals surface area contributed by atoms with Crippen LogP contribution in [0.4, 0.5) is 0 Å². The Morgan fingerprint density at radius 1 is 0.677 bits per heavy atom. The van der Waals surface area contributed by atoms with E-state index in [1.165, 1.54) is 0 Å². The summed E-state index contributed by atoms with van der Waals surface area (Å²) in [5, 5.41) is 117. The summed E-state index contributed by atoms with van der Waals surface area (Å²) in [5.41, 5.74) is -1.85. The minimum atomic E-state index is -1.86. The van der Waals surface area contributed by atoms with Gasteiger partial charge in [-0.1, -0.05) is 60.1 Å². The summed E-state index contributed by atoms with van der Waals surface area (Å²) in [6, 6.07) is 0. The minimum absolute atomic E-state index is 0.121. The maximum atomic E-state index is 15.0. The van der Waals surface area contributed by atoms with Crippen LogP contribution in [-0.2, 0) is 33.2 Å². The molecule has 65 heavy (non-hydrogen) atoms. The predicted octanol–water partition coefficient (Wildman–Crippen LogP) is -0.250. The molecule has 11 N–H and O–H groups in total. The highest BCUT2D eigenvalue weighted by atomic mass is 16.7. The molecule has 372 valence electrons. The number of fused-ring (bicyclic) bond motifs is 7. The maximum Gasteiger partial charge on any atom is 0.315 e. The van der Waals surface area contributed by atoms with Gasteiger partial charge in [-0.25, -0.2) is 0 Å². The quantitative estimate of drug-likeness (QED) is 0.0850. The summed E-state index contributed by atoms with van der Waals surface area (Å²) < 4.78 is 35.1. The van der Waals surface area contributed by atoms with Gasteiger partial charge in [0.15, 0.2) is 12.6 Å². The molecule has 3 heterocycles. The standard InChI is InChI=1S/C47H76O18/c1-42(2)14-16-47(41(59)65-40-36(57)33(54)31(52)24(63-40)20-61-38-35(56)32(53)30(51)23(18-48)62-38)17-15-45(6)21(28(47)37(42)58)8-9-26-44(5)12-11-27(43(3,4)25(44)10-13-46(26,45)7)64-39-34(55)29(50)22(49)19-60-39/h8,22-40,48-58H,9-20H2,1-7H3/t22-,23-,24+,25+,26-,27+,28-,29+,30+,31+,32-,33-,34+,35+,36+,37+,38-,39+,40-,44-,45+,46+,47-/m1/s1. The monoisotopic (exact) mass is 929 g/mol. The van der Waals surface area contributed by atoms with Crippen molar-refractivity contribution < 1.29 is 89.4 Å². The van der Waals surface area contributed by atoms with E-state index in [1.807, 2.05) is 13.8 Å². The highest BCUT2D eigenvalue weighted by Gasteiger charge is 2.71. The number of aliphatic hydroxyl groups is 11. The van der Waals surface area contributed by atoms with Crippen LogP contribution in [0, 0.1) is 50.2 Å². The first kappa shape index (κ1) is 50.0. The predicted molar refractivity (Wildman–Crippen MR) is 226 cm³/mol. The Labute approximate surface area is 380 Å². The molecular weight excluding hydrogens is 852 g/mol. The van der Waals surface area contributed by atoms with Crippen molar-refractivity contribution >= 4 is 5.97 Å². The second kappa shape index (κ2) is 17.5. The molecule has 3 saturated heterocycles. The molecule has 0 unspecified atom stereocenters. The van der Waals surface area contributed by atoms with Crippen molar-refractivity contribution in [3.8, 4) is 0 Å². The van der Waals surface area contributed by atoms with Crippen molar-refractivity contribution in [1.29, 1.82) is 0 Å². The lowest BCUT2D eigenvalue weighted by atomic mass is 9.33. The topological polar surface area (TPSA) is 295 Å². The molecule has 5 aliphatic carbocycles. The van der Waals surface area contributed by atoms with Gasteiger partial charge >= 0.3 is 5.97 Å². The SMILES string of the molecule is CC1(C)CC[C@@]2(C(=O)O[C@H]3O[C@@H](CO[C@@H]4O[C@H](CO)[C@H](O)[C@@H](O)[C@@H]4O)[C@H](O)[C@@H](O)[C@@H]3O)CC[C@@]3(C)C(=CC[C@@H]4[C@]5(C)CC[C@H](O[C@@H]6OC[C@@H](O)[C@H](O)[C@@H]6O)C(C)(C)[C@@H]5CC[C@@]43C)[C@@H]2[C@@H]1O. The molecule has 4 saturated carbocycles. The molecule has 8 rings (SSSR count). The van der Waals surface area contributed by atoms with Gasteiger partial charge in [-0.15, -0.1) is 0 Å². The van der Waals surface area contributed by atoms with E-state index in [-0.39, 0.29) is 40.8 Å². The van der Waals surface area contributed by atoms with Crippen molar-refractivity contribution in [2.24, 2.45) is 50.2 Å². The van der Waals surface area contributed by atoms with Gasteiger partial charge in [-0.05, 0) is 96.7 Å². The number of carbonyl (C=O) groups excluding carboxylic acids is 1. The summed E-state index contributed by atoms with van der Waals surface area (Å²) in [4.78, 5) is 15.0. The minimum Gasteiger partial charge on any atom is -0.432 e. The number of aliphatic hydroxyl groups excluding tert-OH is 11. The Morgan fingerprint density at radius 3 is 1.97 bits per heavy atom. The third-order valence-corrected chi connectivity index (χ3v) is 19.1. The van der Waals surface area contributed by atoms with Crippen LogP contribution in [0.1, 0.15) is 106 Å². The lowest BCUT2D eigenvalue weighted by Gasteiger charge is -2.71. The van der Waals surface area contributed by atoms with Gasteiger partial charge in [-0.2, -0.15) is 0 Å². The van der Waals surface area contributed by atoms with Crippen LogP contribution in [-0.4, -0.2) is 180 Å². The third-order valence-electron chi connectivity index (χ3n) is 19.1. The average molecular weight is 929 g/mol. The Morgan fingerprint density at radius 2 is 1.29 bits per heavy atom. The van der Waals surface area contributed by atoms with E-state index < -0.39 is 133 Å². The van der Waals surface area contributed by atoms with E-state index in [0.29, 0.717) is 32.1 Å². The zero-order chi connectivity index (χ0) is 47.6. The molecule has 0 amide bonds. The Hall–Kier alpha value is -1.43. The highest BCUT2D eigenvalue weighted by molar-refractivity contribution is 5.79. The van der Waals surface area contributed by atoms with Crippen LogP contribution in [0.2, 0.25) is 0 Å². The van der Waals surface area contributed by atoms with Crippen molar-refractivity contribution in [3.63, 3.8) is 0 Å². The van der Waals surface area contributed by atoms with E-state index in [9.17, 15) is 61.0 Å². The fourth-order valence-electron chi connectivity index (χ4n) is 14.6. The van der Waals surface area contributed by atoms with Crippen LogP contribution < -0.4 is 0 Å². The van der Waals surface area contributed by atoms with Gasteiger partial charge in [0.2, 0.25) is 6.29 Å². The number of ether oxygens (including phenoxy) is 6. The van der Waals surface area contributed by atoms with Crippen LogP contribution in [0.5, 0.6) is 0 Å². The van der Waals surface area contributed by atoms with E-state index in [1.54, 1.807) is 0 Å². The zero-order valence-corrected chi connectivity index (χ0v) is 38.8. The zero-order valence-electron chi connectivity index (χ0n) is 38.8. The van der Waals surface area contributed by atoms with Crippen molar-refractivity contribution in [2.45, 2.75) is 204 Å². The number of rotatable bonds is 8. The fraction of sp³-hybridized carbons (Fsp3) is 0.936. The number of carbonyl (C=O) groups is 1. The van der Waals surface area contributed by atoms with E-state index in [2.05, 4.69) is 40.7 Å². The Kier molecular flexibility index (Phi) is 13.4. The normalized spacial score (nSPS) is 53.9. The summed E-state index contributed by atoms with van der Waals surface area (Å²) >= 11 is 0. The van der Waals surface area contributed by atoms with E-state index >= 15 is 0 Å². The van der Waals surface area contributed by atoms with Gasteiger partial charge in [0, 0.05) is 5.92 Å². The molecule has 8 aliphatic rings. The van der Waals surface area contributed by atoms with Crippen LogP contribution >= 0.6 is 0 Å². The smallest absolute Gasteiger partial charge is 0.315 e. The number of hydrogen-bond acceptors (Lipinski definition) is 18. The number of allylic oxidation sites excluding steroid dienone is 1. The van der Waals surface area contributed by atoms with E-state index in [4.69, 9.17) is 28.4 Å². The first-order valence-corrected chi connectivity index (χ1v) is 23.8. The van der Waals surface area contributed by atoms with Crippen molar-refractivity contribution in [1.82, 2.24) is 0 Å². The molecule has 0 aromatic rings. The summed E-state index contributed by atoms with van der Waals surface area (Å²) in [7, 11) is 0. The van der Waals surface area contributed by atoms with Crippen molar-refractivity contribution in [3.05, 3.63) is 11.6 Å². The number of hydrogen-bond donors (Lipinski definition) is 11.